The minimum atomic E-state index is 0.1000. The highest BCUT2D eigenvalue weighted by atomic mass is 32.1. The molecule has 0 radical (unpaired) electrons. The van der Waals surface area contributed by atoms with Crippen molar-refractivity contribution < 1.29 is 9.47 Å². The van der Waals surface area contributed by atoms with Crippen molar-refractivity contribution in [3.8, 4) is 0 Å². The number of rotatable bonds is 5. The first kappa shape index (κ1) is 14.0. The second-order valence-electron chi connectivity index (χ2n) is 5.10. The molecule has 0 aliphatic carbocycles. The standard InChI is InChI=1S/C16H21NO2S/c1-2-7-17-15(14-11-18-8-9-19-14)13-5-3-4-12-6-10-20-16(12)13/h3-6,10,14-15,17H,2,7-9,11H2,1H3. The lowest BCUT2D eigenvalue weighted by Crippen LogP contribution is -2.40. The Balaban J connectivity index is 1.92. The van der Waals surface area contributed by atoms with E-state index in [1.54, 1.807) is 11.3 Å². The van der Waals surface area contributed by atoms with Crippen molar-refractivity contribution in [2.24, 2.45) is 0 Å². The van der Waals surface area contributed by atoms with Crippen LogP contribution in [0.2, 0.25) is 0 Å². The van der Waals surface area contributed by atoms with Crippen molar-refractivity contribution in [2.45, 2.75) is 25.5 Å². The topological polar surface area (TPSA) is 30.5 Å². The minimum Gasteiger partial charge on any atom is -0.376 e. The van der Waals surface area contributed by atoms with Gasteiger partial charge in [0.2, 0.25) is 0 Å². The molecule has 1 aliphatic rings. The first-order valence-electron chi connectivity index (χ1n) is 7.29. The quantitative estimate of drug-likeness (QED) is 0.916. The monoisotopic (exact) mass is 291 g/mol. The van der Waals surface area contributed by atoms with Gasteiger partial charge in [0, 0.05) is 4.70 Å². The van der Waals surface area contributed by atoms with Crippen LogP contribution >= 0.6 is 11.3 Å². The van der Waals surface area contributed by atoms with Crippen molar-refractivity contribution in [1.29, 1.82) is 0 Å². The Hall–Kier alpha value is -0.940. The fraction of sp³-hybridized carbons (Fsp3) is 0.500. The number of benzene rings is 1. The zero-order valence-electron chi connectivity index (χ0n) is 11.8. The average molecular weight is 291 g/mol. The fourth-order valence-corrected chi connectivity index (χ4v) is 3.66. The Labute approximate surface area is 123 Å². The van der Waals surface area contributed by atoms with E-state index in [9.17, 15) is 0 Å². The number of thiophene rings is 1. The van der Waals surface area contributed by atoms with Gasteiger partial charge < -0.3 is 14.8 Å². The molecule has 0 spiro atoms. The van der Waals surface area contributed by atoms with E-state index in [1.165, 1.54) is 15.6 Å². The Bertz CT molecular complexity index is 548. The van der Waals surface area contributed by atoms with Gasteiger partial charge in [0.05, 0.1) is 25.9 Å². The van der Waals surface area contributed by atoms with Gasteiger partial charge in [-0.3, -0.25) is 0 Å². The van der Waals surface area contributed by atoms with Gasteiger partial charge in [-0.05, 0) is 35.4 Å². The number of fused-ring (bicyclic) bond motifs is 1. The first-order chi connectivity index (χ1) is 9.90. The highest BCUT2D eigenvalue weighted by molar-refractivity contribution is 7.17. The minimum absolute atomic E-state index is 0.1000. The van der Waals surface area contributed by atoms with E-state index in [-0.39, 0.29) is 12.1 Å². The van der Waals surface area contributed by atoms with Crippen LogP contribution in [0.15, 0.2) is 29.6 Å². The number of hydrogen-bond acceptors (Lipinski definition) is 4. The van der Waals surface area contributed by atoms with E-state index in [1.807, 2.05) is 0 Å². The Morgan fingerprint density at radius 2 is 2.30 bits per heavy atom. The molecular formula is C16H21NO2S. The smallest absolute Gasteiger partial charge is 0.100 e. The zero-order valence-corrected chi connectivity index (χ0v) is 12.6. The molecule has 108 valence electrons. The average Bonchev–Trinajstić information content (AvgIpc) is 2.98. The lowest BCUT2D eigenvalue weighted by molar-refractivity contribution is -0.102. The third-order valence-corrected chi connectivity index (χ3v) is 4.65. The molecule has 1 saturated heterocycles. The molecule has 0 amide bonds. The molecule has 0 saturated carbocycles. The molecule has 20 heavy (non-hydrogen) atoms. The van der Waals surface area contributed by atoms with Crippen molar-refractivity contribution >= 4 is 21.4 Å². The molecule has 1 N–H and O–H groups in total. The molecular weight excluding hydrogens is 270 g/mol. The molecule has 2 heterocycles. The Kier molecular flexibility index (Phi) is 4.68. The molecule has 3 nitrogen and oxygen atoms in total. The van der Waals surface area contributed by atoms with Crippen LogP contribution in [0.25, 0.3) is 10.1 Å². The van der Waals surface area contributed by atoms with Gasteiger partial charge in [0.1, 0.15) is 6.10 Å². The van der Waals surface area contributed by atoms with Crippen LogP contribution in [0.5, 0.6) is 0 Å². The number of hydrogen-bond donors (Lipinski definition) is 1. The number of nitrogens with one attached hydrogen (secondary N) is 1. The van der Waals surface area contributed by atoms with Crippen LogP contribution in [0.4, 0.5) is 0 Å². The molecule has 2 unspecified atom stereocenters. The summed E-state index contributed by atoms with van der Waals surface area (Å²) in [5, 5.41) is 7.11. The van der Waals surface area contributed by atoms with Crippen LogP contribution in [0.1, 0.15) is 24.9 Å². The summed E-state index contributed by atoms with van der Waals surface area (Å²) in [4.78, 5) is 0. The van der Waals surface area contributed by atoms with Crippen LogP contribution in [-0.4, -0.2) is 32.5 Å². The molecule has 4 heteroatoms. The zero-order chi connectivity index (χ0) is 13.8. The van der Waals surface area contributed by atoms with Gasteiger partial charge in [0.15, 0.2) is 0 Å². The van der Waals surface area contributed by atoms with Crippen molar-refractivity contribution in [1.82, 2.24) is 5.32 Å². The molecule has 1 fully saturated rings. The summed E-state index contributed by atoms with van der Waals surface area (Å²) in [6.07, 6.45) is 1.22. The van der Waals surface area contributed by atoms with Gasteiger partial charge in [-0.1, -0.05) is 25.1 Å². The summed E-state index contributed by atoms with van der Waals surface area (Å²) in [6.45, 7) is 5.25. The summed E-state index contributed by atoms with van der Waals surface area (Å²) in [5.41, 5.74) is 1.33. The summed E-state index contributed by atoms with van der Waals surface area (Å²) < 4.78 is 12.9. The molecule has 2 atom stereocenters. The van der Waals surface area contributed by atoms with Crippen molar-refractivity contribution in [3.63, 3.8) is 0 Å². The predicted molar refractivity (Wildman–Crippen MR) is 83.4 cm³/mol. The summed E-state index contributed by atoms with van der Waals surface area (Å²) >= 11 is 1.80. The van der Waals surface area contributed by atoms with Gasteiger partial charge in [-0.2, -0.15) is 0 Å². The maximum absolute atomic E-state index is 5.93. The maximum Gasteiger partial charge on any atom is 0.100 e. The number of ether oxygens (including phenoxy) is 2. The molecule has 0 bridgehead atoms. The molecule has 3 rings (SSSR count). The van der Waals surface area contributed by atoms with Gasteiger partial charge in [0.25, 0.3) is 0 Å². The molecule has 2 aromatic rings. The van der Waals surface area contributed by atoms with E-state index < -0.39 is 0 Å². The van der Waals surface area contributed by atoms with Crippen LogP contribution in [0.3, 0.4) is 0 Å². The lowest BCUT2D eigenvalue weighted by atomic mass is 9.99. The van der Waals surface area contributed by atoms with Crippen molar-refractivity contribution in [3.05, 3.63) is 35.2 Å². The Morgan fingerprint density at radius 3 is 3.10 bits per heavy atom. The second kappa shape index (κ2) is 6.68. The third-order valence-electron chi connectivity index (χ3n) is 3.67. The predicted octanol–water partition coefficient (Wildman–Crippen LogP) is 3.36. The normalized spacial score (nSPS) is 21.1. The maximum atomic E-state index is 5.93. The highest BCUT2D eigenvalue weighted by Crippen LogP contribution is 2.32. The molecule has 1 aliphatic heterocycles. The van der Waals surface area contributed by atoms with E-state index in [4.69, 9.17) is 9.47 Å². The first-order valence-corrected chi connectivity index (χ1v) is 8.17. The summed E-state index contributed by atoms with van der Waals surface area (Å²) in [6, 6.07) is 8.90. The van der Waals surface area contributed by atoms with Crippen LogP contribution in [-0.2, 0) is 9.47 Å². The van der Waals surface area contributed by atoms with E-state index in [0.717, 1.165) is 13.0 Å². The summed E-state index contributed by atoms with van der Waals surface area (Å²) in [5.74, 6) is 0. The second-order valence-corrected chi connectivity index (χ2v) is 6.02. The van der Waals surface area contributed by atoms with Gasteiger partial charge in [-0.15, -0.1) is 11.3 Å². The van der Waals surface area contributed by atoms with E-state index >= 15 is 0 Å². The lowest BCUT2D eigenvalue weighted by Gasteiger charge is -2.31. The van der Waals surface area contributed by atoms with Crippen LogP contribution < -0.4 is 5.32 Å². The summed E-state index contributed by atoms with van der Waals surface area (Å²) in [7, 11) is 0. The fourth-order valence-electron chi connectivity index (χ4n) is 2.70. The Morgan fingerprint density at radius 1 is 1.35 bits per heavy atom. The van der Waals surface area contributed by atoms with Gasteiger partial charge >= 0.3 is 0 Å². The van der Waals surface area contributed by atoms with Gasteiger partial charge in [-0.25, -0.2) is 0 Å². The third kappa shape index (κ3) is 2.88. The highest BCUT2D eigenvalue weighted by Gasteiger charge is 2.27. The van der Waals surface area contributed by atoms with E-state index in [2.05, 4.69) is 41.9 Å². The SMILES string of the molecule is CCCNC(c1cccc2ccsc12)C1COCCO1. The van der Waals surface area contributed by atoms with Crippen LogP contribution in [0, 0.1) is 0 Å². The van der Waals surface area contributed by atoms with Crippen molar-refractivity contribution in [2.75, 3.05) is 26.4 Å². The van der Waals surface area contributed by atoms with E-state index in [0.29, 0.717) is 19.8 Å². The molecule has 1 aromatic heterocycles. The molecule has 1 aromatic carbocycles. The largest absolute Gasteiger partial charge is 0.376 e.